The van der Waals surface area contributed by atoms with Crippen molar-refractivity contribution in [1.82, 2.24) is 0 Å². The zero-order chi connectivity index (χ0) is 48.2. The quantitative estimate of drug-likeness (QED) is 0.128. The predicted molar refractivity (Wildman–Crippen MR) is 294 cm³/mol. The van der Waals surface area contributed by atoms with Crippen LogP contribution in [0.25, 0.3) is 33.4 Å². The van der Waals surface area contributed by atoms with Gasteiger partial charge in [-0.2, -0.15) is 0 Å². The molecule has 0 amide bonds. The lowest BCUT2D eigenvalue weighted by molar-refractivity contribution is 0.457. The molecule has 0 spiro atoms. The molecule has 3 aliphatic rings. The molecule has 8 aromatic carbocycles. The summed E-state index contributed by atoms with van der Waals surface area (Å²) < 4.78 is 0. The number of benzene rings is 8. The third kappa shape index (κ3) is 6.65. The summed E-state index contributed by atoms with van der Waals surface area (Å²) >= 11 is 0. The third-order valence-corrected chi connectivity index (χ3v) is 17.5. The van der Waals surface area contributed by atoms with Crippen molar-refractivity contribution in [2.45, 2.75) is 123 Å². The largest absolute Gasteiger partial charge is 0.334 e. The van der Waals surface area contributed by atoms with Crippen LogP contribution in [0, 0.1) is 13.8 Å². The van der Waals surface area contributed by atoms with Crippen molar-refractivity contribution in [3.05, 3.63) is 225 Å². The van der Waals surface area contributed by atoms with Crippen LogP contribution in [0.2, 0.25) is 0 Å². The minimum absolute atomic E-state index is 0.0742. The van der Waals surface area contributed by atoms with Gasteiger partial charge in [0.2, 0.25) is 0 Å². The second-order valence-corrected chi connectivity index (χ2v) is 21.8. The minimum Gasteiger partial charge on any atom is -0.334 e. The molecular formula is C67H68N2. The number of fused-ring (bicyclic) bond motifs is 9. The molecule has 0 aliphatic heterocycles. The van der Waals surface area contributed by atoms with E-state index >= 15 is 0 Å². The minimum atomic E-state index is -0.351. The Morgan fingerprint density at radius 2 is 0.870 bits per heavy atom. The van der Waals surface area contributed by atoms with Gasteiger partial charge in [0.1, 0.15) is 0 Å². The van der Waals surface area contributed by atoms with E-state index in [-0.39, 0.29) is 27.8 Å². The Labute approximate surface area is 412 Å². The van der Waals surface area contributed by atoms with E-state index in [0.29, 0.717) is 0 Å². The summed E-state index contributed by atoms with van der Waals surface area (Å²) in [6, 6.07) is 65.8. The van der Waals surface area contributed by atoms with Crippen LogP contribution in [0.1, 0.15) is 143 Å². The first kappa shape index (κ1) is 44.8. The molecule has 346 valence electrons. The van der Waals surface area contributed by atoms with Crippen molar-refractivity contribution in [2.75, 3.05) is 9.80 Å². The molecule has 2 heteroatoms. The van der Waals surface area contributed by atoms with E-state index in [1.807, 2.05) is 0 Å². The first-order chi connectivity index (χ1) is 33.2. The molecule has 0 saturated heterocycles. The van der Waals surface area contributed by atoms with Crippen LogP contribution < -0.4 is 9.80 Å². The molecule has 69 heavy (non-hydrogen) atoms. The molecular weight excluding hydrogens is 833 g/mol. The average Bonchev–Trinajstić information content (AvgIpc) is 3.88. The average molecular weight is 901 g/mol. The van der Waals surface area contributed by atoms with E-state index in [4.69, 9.17) is 0 Å². The fourth-order valence-electron chi connectivity index (χ4n) is 13.1. The fourth-order valence-corrected chi connectivity index (χ4v) is 13.1. The molecule has 0 aromatic heterocycles. The number of hydrogen-bond acceptors (Lipinski definition) is 2. The number of aryl methyl sites for hydroxylation is 2. The van der Waals surface area contributed by atoms with Crippen molar-refractivity contribution in [3.8, 4) is 33.4 Å². The van der Waals surface area contributed by atoms with Gasteiger partial charge in [-0.3, -0.25) is 0 Å². The van der Waals surface area contributed by atoms with Gasteiger partial charge in [-0.25, -0.2) is 0 Å². The molecule has 2 atom stereocenters. The van der Waals surface area contributed by atoms with Gasteiger partial charge < -0.3 is 9.80 Å². The Hall–Kier alpha value is -6.64. The number of hydrogen-bond donors (Lipinski definition) is 0. The molecule has 8 aromatic rings. The van der Waals surface area contributed by atoms with Crippen molar-refractivity contribution >= 4 is 22.7 Å². The molecule has 2 unspecified atom stereocenters. The van der Waals surface area contributed by atoms with Crippen LogP contribution in [0.5, 0.6) is 0 Å². The zero-order valence-corrected chi connectivity index (χ0v) is 42.8. The second kappa shape index (κ2) is 16.2. The topological polar surface area (TPSA) is 6.48 Å². The molecule has 2 nitrogen and oxygen atoms in total. The highest BCUT2D eigenvalue weighted by Crippen LogP contribution is 2.57. The SMILES string of the molecule is CCC1(CC)c2cc(C(C)N(c3ccc(C)cc3)c3ccc4c(c3)C(C)(C)c3ccccc3-4)ccc2-c2ccc(C(C)(CC)N(c3ccc(C)cc3)c3ccc4c(c3)C(C)(C)c3ccccc3-4)cc21. The summed E-state index contributed by atoms with van der Waals surface area (Å²) in [7, 11) is 0. The van der Waals surface area contributed by atoms with Gasteiger partial charge in [0.05, 0.1) is 11.6 Å². The van der Waals surface area contributed by atoms with Crippen molar-refractivity contribution in [1.29, 1.82) is 0 Å². The molecule has 0 fully saturated rings. The molecule has 0 bridgehead atoms. The Kier molecular flexibility index (Phi) is 10.5. The summed E-state index contributed by atoms with van der Waals surface area (Å²) in [4.78, 5) is 5.22. The lowest BCUT2D eigenvalue weighted by Gasteiger charge is -2.44. The molecule has 11 rings (SSSR count). The molecule has 0 N–H and O–H groups in total. The van der Waals surface area contributed by atoms with Gasteiger partial charge in [-0.1, -0.05) is 181 Å². The van der Waals surface area contributed by atoms with Crippen molar-refractivity contribution in [2.24, 2.45) is 0 Å². The van der Waals surface area contributed by atoms with E-state index in [2.05, 4.69) is 256 Å². The van der Waals surface area contributed by atoms with Gasteiger partial charge >= 0.3 is 0 Å². The lowest BCUT2D eigenvalue weighted by Crippen LogP contribution is -2.41. The van der Waals surface area contributed by atoms with E-state index in [1.165, 1.54) is 112 Å². The molecule has 3 aliphatic carbocycles. The first-order valence-electron chi connectivity index (χ1n) is 25.7. The molecule has 0 radical (unpaired) electrons. The van der Waals surface area contributed by atoms with Crippen LogP contribution >= 0.6 is 0 Å². The van der Waals surface area contributed by atoms with Crippen LogP contribution in [-0.2, 0) is 21.8 Å². The van der Waals surface area contributed by atoms with Crippen LogP contribution in [0.4, 0.5) is 22.7 Å². The van der Waals surface area contributed by atoms with Gasteiger partial charge in [0.25, 0.3) is 0 Å². The fraction of sp³-hybridized carbons (Fsp3) is 0.284. The molecule has 0 heterocycles. The standard InChI is InChI=1S/C67H68N2/c1-12-66(11,69(49-31-25-44(5)26-32-49)51-34-38-55-53-20-16-18-22-59(53)65(9,10)61(55)42-51)47-28-36-57-56-35-27-46(39-62(56)67(13-2,14-3)63(57)40-47)45(6)68(48-29-23-43(4)24-30-48)50-33-37-54-52-19-15-17-21-58(52)64(7,8)60(54)41-50/h15-42,45H,12-14H2,1-11H3. The van der Waals surface area contributed by atoms with Gasteiger partial charge in [-0.05, 0) is 173 Å². The van der Waals surface area contributed by atoms with Crippen molar-refractivity contribution < 1.29 is 0 Å². The molecule has 0 saturated carbocycles. The van der Waals surface area contributed by atoms with E-state index in [9.17, 15) is 0 Å². The van der Waals surface area contributed by atoms with Crippen LogP contribution in [-0.4, -0.2) is 0 Å². The van der Waals surface area contributed by atoms with E-state index < -0.39 is 0 Å². The van der Waals surface area contributed by atoms with Gasteiger partial charge in [0.15, 0.2) is 0 Å². The highest BCUT2D eigenvalue weighted by atomic mass is 15.2. The number of nitrogens with zero attached hydrogens (tertiary/aromatic N) is 2. The number of anilines is 4. The first-order valence-corrected chi connectivity index (χ1v) is 25.7. The second-order valence-electron chi connectivity index (χ2n) is 21.8. The maximum atomic E-state index is 2.65. The monoisotopic (exact) mass is 901 g/mol. The summed E-state index contributed by atoms with van der Waals surface area (Å²) in [5.41, 5.74) is 26.2. The Balaban J connectivity index is 1.01. The summed E-state index contributed by atoms with van der Waals surface area (Å²) in [6.45, 7) is 26.0. The Morgan fingerprint density at radius 3 is 1.42 bits per heavy atom. The summed E-state index contributed by atoms with van der Waals surface area (Å²) in [5.74, 6) is 0. The third-order valence-electron chi connectivity index (χ3n) is 17.5. The highest BCUT2D eigenvalue weighted by Gasteiger charge is 2.44. The maximum absolute atomic E-state index is 2.65. The van der Waals surface area contributed by atoms with E-state index in [1.54, 1.807) is 0 Å². The van der Waals surface area contributed by atoms with E-state index in [0.717, 1.165) is 19.3 Å². The predicted octanol–water partition coefficient (Wildman–Crippen LogP) is 18.4. The zero-order valence-electron chi connectivity index (χ0n) is 42.8. The smallest absolute Gasteiger partial charge is 0.0671 e. The normalized spacial score (nSPS) is 16.3. The van der Waals surface area contributed by atoms with Crippen LogP contribution in [0.3, 0.4) is 0 Å². The van der Waals surface area contributed by atoms with Crippen LogP contribution in [0.15, 0.2) is 170 Å². The lowest BCUT2D eigenvalue weighted by atomic mass is 9.72. The Morgan fingerprint density at radius 1 is 0.435 bits per heavy atom. The summed E-state index contributed by atoms with van der Waals surface area (Å²) in [5, 5.41) is 0. The Bertz CT molecular complexity index is 3290. The highest BCUT2D eigenvalue weighted by molar-refractivity contribution is 5.86. The number of rotatable bonds is 11. The van der Waals surface area contributed by atoms with Gasteiger partial charge in [-0.15, -0.1) is 0 Å². The van der Waals surface area contributed by atoms with Crippen molar-refractivity contribution in [3.63, 3.8) is 0 Å². The maximum Gasteiger partial charge on any atom is 0.0671 e. The summed E-state index contributed by atoms with van der Waals surface area (Å²) in [6.07, 6.45) is 2.98. The van der Waals surface area contributed by atoms with Gasteiger partial charge in [0, 0.05) is 39.0 Å².